The second-order valence-electron chi connectivity index (χ2n) is 4.73. The third-order valence-corrected chi connectivity index (χ3v) is 3.22. The van der Waals surface area contributed by atoms with Crippen molar-refractivity contribution in [2.45, 2.75) is 18.9 Å². The molecule has 0 radical (unpaired) electrons. The summed E-state index contributed by atoms with van der Waals surface area (Å²) in [6.07, 6.45) is 2.42. The summed E-state index contributed by atoms with van der Waals surface area (Å²) in [6.45, 7) is 0. The van der Waals surface area contributed by atoms with Crippen LogP contribution in [0.2, 0.25) is 0 Å². The zero-order valence-electron chi connectivity index (χ0n) is 11.7. The maximum absolute atomic E-state index is 12.0. The summed E-state index contributed by atoms with van der Waals surface area (Å²) in [5.74, 6) is -1.48. The van der Waals surface area contributed by atoms with Crippen molar-refractivity contribution >= 4 is 11.9 Å². The van der Waals surface area contributed by atoms with Crippen LogP contribution < -0.4 is 5.32 Å². The van der Waals surface area contributed by atoms with Crippen LogP contribution in [-0.4, -0.2) is 32.8 Å². The molecule has 2 N–H and O–H groups in total. The number of aliphatic carboxylic acids is 1. The van der Waals surface area contributed by atoms with E-state index in [1.54, 1.807) is 13.1 Å². The van der Waals surface area contributed by atoms with Crippen molar-refractivity contribution in [2.24, 2.45) is 7.05 Å². The van der Waals surface area contributed by atoms with E-state index in [-0.39, 0.29) is 0 Å². The van der Waals surface area contributed by atoms with Crippen LogP contribution in [0.15, 0.2) is 42.6 Å². The van der Waals surface area contributed by atoms with E-state index >= 15 is 0 Å². The maximum Gasteiger partial charge on any atom is 0.326 e. The van der Waals surface area contributed by atoms with E-state index in [1.165, 1.54) is 10.9 Å². The van der Waals surface area contributed by atoms with E-state index in [2.05, 4.69) is 10.4 Å². The Balaban J connectivity index is 1.98. The highest BCUT2D eigenvalue weighted by Crippen LogP contribution is 2.06. The molecule has 1 atom stereocenters. The van der Waals surface area contributed by atoms with Gasteiger partial charge in [-0.05, 0) is 24.5 Å². The summed E-state index contributed by atoms with van der Waals surface area (Å²) in [5.41, 5.74) is 1.37. The zero-order chi connectivity index (χ0) is 15.2. The normalized spacial score (nSPS) is 11.9. The standard InChI is InChI=1S/C15H17N3O3/c1-18-13(9-10-16-18)14(19)17-12(15(20)21)8-7-11-5-3-2-4-6-11/h2-6,9-10,12H,7-8H2,1H3,(H,17,19)(H,20,21)/t12-/m0/s1. The van der Waals surface area contributed by atoms with Crippen molar-refractivity contribution in [2.75, 3.05) is 0 Å². The average molecular weight is 287 g/mol. The number of rotatable bonds is 6. The molecule has 0 bridgehead atoms. The molecule has 2 rings (SSSR count). The third-order valence-electron chi connectivity index (χ3n) is 3.22. The molecule has 1 amide bonds. The predicted molar refractivity (Wildman–Crippen MR) is 76.9 cm³/mol. The summed E-state index contributed by atoms with van der Waals surface area (Å²) in [5, 5.41) is 15.7. The predicted octanol–water partition coefficient (Wildman–Crippen LogP) is 1.24. The Morgan fingerprint density at radius 1 is 1.29 bits per heavy atom. The molecule has 6 heteroatoms. The van der Waals surface area contributed by atoms with Crippen LogP contribution in [0.5, 0.6) is 0 Å². The summed E-state index contributed by atoms with van der Waals surface area (Å²) in [6, 6.07) is 10.2. The molecule has 1 aromatic heterocycles. The summed E-state index contributed by atoms with van der Waals surface area (Å²) >= 11 is 0. The second-order valence-corrected chi connectivity index (χ2v) is 4.73. The van der Waals surface area contributed by atoms with Gasteiger partial charge in [-0.25, -0.2) is 4.79 Å². The Bertz CT molecular complexity index is 622. The number of carbonyl (C=O) groups excluding carboxylic acids is 1. The topological polar surface area (TPSA) is 84.2 Å². The van der Waals surface area contributed by atoms with E-state index in [0.717, 1.165) is 5.56 Å². The van der Waals surface area contributed by atoms with Gasteiger partial charge in [-0.1, -0.05) is 30.3 Å². The molecule has 1 heterocycles. The fraction of sp³-hybridized carbons (Fsp3) is 0.267. The van der Waals surface area contributed by atoms with Gasteiger partial charge in [0.25, 0.3) is 5.91 Å². The zero-order valence-corrected chi connectivity index (χ0v) is 11.7. The molecule has 0 fully saturated rings. The number of nitrogens with one attached hydrogen (secondary N) is 1. The van der Waals surface area contributed by atoms with Crippen molar-refractivity contribution in [1.29, 1.82) is 0 Å². The van der Waals surface area contributed by atoms with Crippen LogP contribution in [-0.2, 0) is 18.3 Å². The Morgan fingerprint density at radius 2 is 2.00 bits per heavy atom. The quantitative estimate of drug-likeness (QED) is 0.837. The van der Waals surface area contributed by atoms with Gasteiger partial charge in [-0.15, -0.1) is 0 Å². The lowest BCUT2D eigenvalue weighted by Crippen LogP contribution is -2.41. The highest BCUT2D eigenvalue weighted by Gasteiger charge is 2.21. The smallest absolute Gasteiger partial charge is 0.326 e. The van der Waals surface area contributed by atoms with Gasteiger partial charge >= 0.3 is 5.97 Å². The number of aryl methyl sites for hydroxylation is 2. The van der Waals surface area contributed by atoms with Crippen molar-refractivity contribution in [1.82, 2.24) is 15.1 Å². The molecule has 2 aromatic rings. The number of aromatic nitrogens is 2. The molecule has 0 unspecified atom stereocenters. The molecule has 1 aromatic carbocycles. The van der Waals surface area contributed by atoms with E-state index in [0.29, 0.717) is 18.5 Å². The van der Waals surface area contributed by atoms with E-state index in [9.17, 15) is 14.7 Å². The van der Waals surface area contributed by atoms with Gasteiger partial charge in [-0.2, -0.15) is 5.10 Å². The minimum Gasteiger partial charge on any atom is -0.480 e. The molecular weight excluding hydrogens is 270 g/mol. The fourth-order valence-electron chi connectivity index (χ4n) is 2.04. The number of nitrogens with zero attached hydrogens (tertiary/aromatic N) is 2. The van der Waals surface area contributed by atoms with Crippen molar-refractivity contribution in [3.05, 3.63) is 53.9 Å². The summed E-state index contributed by atoms with van der Waals surface area (Å²) < 4.78 is 1.41. The SMILES string of the molecule is Cn1nccc1C(=O)N[C@@H](CCc1ccccc1)C(=O)O. The Morgan fingerprint density at radius 3 is 2.57 bits per heavy atom. The van der Waals surface area contributed by atoms with Gasteiger partial charge in [-0.3, -0.25) is 9.48 Å². The van der Waals surface area contributed by atoms with Gasteiger partial charge in [0.1, 0.15) is 11.7 Å². The van der Waals surface area contributed by atoms with Crippen molar-refractivity contribution in [3.63, 3.8) is 0 Å². The average Bonchev–Trinajstić information content (AvgIpc) is 2.90. The molecule has 0 saturated heterocycles. The maximum atomic E-state index is 12.0. The first-order valence-electron chi connectivity index (χ1n) is 6.63. The number of carbonyl (C=O) groups is 2. The first kappa shape index (κ1) is 14.8. The molecule has 0 saturated carbocycles. The van der Waals surface area contributed by atoms with Crippen LogP contribution in [0.3, 0.4) is 0 Å². The van der Waals surface area contributed by atoms with Gasteiger partial charge in [0.05, 0.1) is 0 Å². The Labute approximate surface area is 122 Å². The summed E-state index contributed by atoms with van der Waals surface area (Å²) in [7, 11) is 1.63. The van der Waals surface area contributed by atoms with E-state index in [1.807, 2.05) is 30.3 Å². The molecule has 110 valence electrons. The van der Waals surface area contributed by atoms with E-state index in [4.69, 9.17) is 0 Å². The first-order valence-corrected chi connectivity index (χ1v) is 6.63. The monoisotopic (exact) mass is 287 g/mol. The van der Waals surface area contributed by atoms with Gasteiger partial charge in [0, 0.05) is 13.2 Å². The van der Waals surface area contributed by atoms with Crippen molar-refractivity contribution in [3.8, 4) is 0 Å². The summed E-state index contributed by atoms with van der Waals surface area (Å²) in [4.78, 5) is 23.3. The Kier molecular flexibility index (Phi) is 4.71. The minimum atomic E-state index is -1.04. The number of amides is 1. The number of hydrogen-bond donors (Lipinski definition) is 2. The lowest BCUT2D eigenvalue weighted by atomic mass is 10.1. The lowest BCUT2D eigenvalue weighted by Gasteiger charge is -2.14. The third kappa shape index (κ3) is 3.92. The molecule has 0 aliphatic carbocycles. The Hall–Kier alpha value is -2.63. The van der Waals surface area contributed by atoms with Gasteiger partial charge in [0.15, 0.2) is 0 Å². The number of benzene rings is 1. The van der Waals surface area contributed by atoms with Crippen LogP contribution in [0.4, 0.5) is 0 Å². The second kappa shape index (κ2) is 6.69. The van der Waals surface area contributed by atoms with Crippen LogP contribution in [0.25, 0.3) is 0 Å². The number of carboxylic acid groups (broad SMARTS) is 1. The lowest BCUT2D eigenvalue weighted by molar-refractivity contribution is -0.139. The van der Waals surface area contributed by atoms with Crippen LogP contribution >= 0.6 is 0 Å². The van der Waals surface area contributed by atoms with Crippen LogP contribution in [0, 0.1) is 0 Å². The highest BCUT2D eigenvalue weighted by atomic mass is 16.4. The molecule has 0 aliphatic rings. The fourth-order valence-corrected chi connectivity index (χ4v) is 2.04. The molecule has 6 nitrogen and oxygen atoms in total. The molecule has 0 aliphatic heterocycles. The van der Waals surface area contributed by atoms with Crippen LogP contribution in [0.1, 0.15) is 22.5 Å². The number of carboxylic acids is 1. The van der Waals surface area contributed by atoms with Gasteiger partial charge < -0.3 is 10.4 Å². The molecule has 0 spiro atoms. The molecule has 21 heavy (non-hydrogen) atoms. The first-order chi connectivity index (χ1) is 10.1. The number of hydrogen-bond acceptors (Lipinski definition) is 3. The van der Waals surface area contributed by atoms with Crippen molar-refractivity contribution < 1.29 is 14.7 Å². The highest BCUT2D eigenvalue weighted by molar-refractivity contribution is 5.95. The molecular formula is C15H17N3O3. The van der Waals surface area contributed by atoms with Gasteiger partial charge in [0.2, 0.25) is 0 Å². The largest absolute Gasteiger partial charge is 0.480 e. The minimum absolute atomic E-state index is 0.334. The van der Waals surface area contributed by atoms with E-state index < -0.39 is 17.9 Å².